The highest BCUT2D eigenvalue weighted by Gasteiger charge is 2.16. The quantitative estimate of drug-likeness (QED) is 0.762. The third-order valence-corrected chi connectivity index (χ3v) is 4.71. The van der Waals surface area contributed by atoms with E-state index in [4.69, 9.17) is 4.74 Å². The smallest absolute Gasteiger partial charge is 0.320 e. The molecule has 0 unspecified atom stereocenters. The van der Waals surface area contributed by atoms with Gasteiger partial charge in [0.2, 0.25) is 5.56 Å². The third-order valence-electron chi connectivity index (χ3n) is 3.14. The first-order valence-electron chi connectivity index (χ1n) is 7.49. The van der Waals surface area contributed by atoms with Crippen LogP contribution in [0.3, 0.4) is 0 Å². The van der Waals surface area contributed by atoms with Crippen molar-refractivity contribution in [1.82, 2.24) is 19.5 Å². The van der Waals surface area contributed by atoms with E-state index in [1.165, 1.54) is 10.6 Å². The summed E-state index contributed by atoms with van der Waals surface area (Å²) >= 11 is 0. The first-order chi connectivity index (χ1) is 11.2. The second kappa shape index (κ2) is 7.08. The van der Waals surface area contributed by atoms with E-state index >= 15 is 0 Å². The molecule has 0 aliphatic carbocycles. The molecule has 24 heavy (non-hydrogen) atoms. The van der Waals surface area contributed by atoms with Gasteiger partial charge < -0.3 is 9.30 Å². The van der Waals surface area contributed by atoms with Gasteiger partial charge in [0, 0.05) is 30.6 Å². The number of aryl methyl sites for hydroxylation is 1. The Morgan fingerprint density at radius 1 is 1.21 bits per heavy atom. The summed E-state index contributed by atoms with van der Waals surface area (Å²) in [5.74, 6) is 0.0805. The molecule has 2 aromatic rings. The van der Waals surface area contributed by atoms with Crippen LogP contribution in [-0.2, 0) is 22.6 Å². The van der Waals surface area contributed by atoms with Gasteiger partial charge >= 0.3 is 6.01 Å². The fraction of sp³-hybridized carbons (Fsp3) is 0.467. The molecule has 0 amide bonds. The predicted octanol–water partition coefficient (Wildman–Crippen LogP) is 0.959. The van der Waals surface area contributed by atoms with Gasteiger partial charge in [0.1, 0.15) is 5.75 Å². The summed E-state index contributed by atoms with van der Waals surface area (Å²) in [4.78, 5) is 24.0. The van der Waals surface area contributed by atoms with Gasteiger partial charge in [0.15, 0.2) is 21.5 Å². The Morgan fingerprint density at radius 3 is 2.50 bits per heavy atom. The zero-order valence-electron chi connectivity index (χ0n) is 14.1. The Kier molecular flexibility index (Phi) is 5.33. The van der Waals surface area contributed by atoms with Crippen LogP contribution in [0.15, 0.2) is 23.1 Å². The topological polar surface area (TPSA) is 104 Å². The van der Waals surface area contributed by atoms with Crippen LogP contribution >= 0.6 is 0 Å². The molecule has 130 valence electrons. The van der Waals surface area contributed by atoms with Gasteiger partial charge in [0.25, 0.3) is 0 Å². The van der Waals surface area contributed by atoms with Crippen LogP contribution in [0.25, 0.3) is 11.4 Å². The maximum Gasteiger partial charge on any atom is 0.320 e. The Hall–Kier alpha value is -2.29. The van der Waals surface area contributed by atoms with Crippen LogP contribution < -0.4 is 10.3 Å². The molecule has 9 heteroatoms. The summed E-state index contributed by atoms with van der Waals surface area (Å²) in [7, 11) is -1.68. The van der Waals surface area contributed by atoms with Gasteiger partial charge in [-0.05, 0) is 19.9 Å². The lowest BCUT2D eigenvalue weighted by atomic mass is 10.2. The minimum absolute atomic E-state index is 0.00573. The molecule has 2 heterocycles. The molecule has 0 saturated heterocycles. The van der Waals surface area contributed by atoms with Gasteiger partial charge in [-0.1, -0.05) is 6.92 Å². The fourth-order valence-electron chi connectivity index (χ4n) is 1.88. The number of hydrogen-bond acceptors (Lipinski definition) is 7. The van der Waals surface area contributed by atoms with Crippen molar-refractivity contribution in [3.8, 4) is 17.4 Å². The highest BCUT2D eigenvalue weighted by Crippen LogP contribution is 2.17. The second-order valence-corrected chi connectivity index (χ2v) is 7.92. The van der Waals surface area contributed by atoms with Gasteiger partial charge in [-0.15, -0.1) is 0 Å². The molecule has 2 aromatic heterocycles. The monoisotopic (exact) mass is 352 g/mol. The average Bonchev–Trinajstić information content (AvgIpc) is 2.48. The van der Waals surface area contributed by atoms with Crippen LogP contribution in [-0.4, -0.2) is 39.8 Å². The van der Waals surface area contributed by atoms with Crippen molar-refractivity contribution in [3.63, 3.8) is 0 Å². The minimum atomic E-state index is -3.30. The Morgan fingerprint density at radius 2 is 1.92 bits per heavy atom. The summed E-state index contributed by atoms with van der Waals surface area (Å²) in [6.45, 7) is 5.20. The van der Waals surface area contributed by atoms with Gasteiger partial charge in [0.05, 0.1) is 6.10 Å². The van der Waals surface area contributed by atoms with E-state index in [2.05, 4.69) is 15.0 Å². The van der Waals surface area contributed by atoms with Crippen molar-refractivity contribution >= 4 is 9.84 Å². The maximum absolute atomic E-state index is 11.9. The number of nitrogens with zero attached hydrogens (tertiary/aromatic N) is 4. The molecule has 0 aromatic carbocycles. The van der Waals surface area contributed by atoms with E-state index in [0.717, 1.165) is 0 Å². The largest absolute Gasteiger partial charge is 0.461 e. The zero-order chi connectivity index (χ0) is 17.9. The minimum Gasteiger partial charge on any atom is -0.461 e. The molecule has 0 fully saturated rings. The fourth-order valence-corrected chi connectivity index (χ4v) is 2.61. The normalized spacial score (nSPS) is 11.7. The van der Waals surface area contributed by atoms with Crippen LogP contribution in [0.2, 0.25) is 0 Å². The first kappa shape index (κ1) is 18.1. The summed E-state index contributed by atoms with van der Waals surface area (Å²) in [6.07, 6.45) is 1.41. The standard InChI is InChI=1S/C15H20N4O4S/c1-5-24(21,22)9-12-16-14(18-15(17-12)23-10(2)3)11-6-7-13(20)19(4)8-11/h6-8,10H,5,9H2,1-4H3. The molecule has 0 aliphatic heterocycles. The van der Waals surface area contributed by atoms with Crippen molar-refractivity contribution in [2.24, 2.45) is 7.05 Å². The molecule has 0 aliphatic rings. The number of ether oxygens (including phenoxy) is 1. The molecule has 0 atom stereocenters. The van der Waals surface area contributed by atoms with Crippen molar-refractivity contribution in [3.05, 3.63) is 34.5 Å². The van der Waals surface area contributed by atoms with Gasteiger partial charge in [-0.2, -0.15) is 9.97 Å². The highest BCUT2D eigenvalue weighted by atomic mass is 32.2. The summed E-state index contributed by atoms with van der Waals surface area (Å²) < 4.78 is 30.6. The number of rotatable bonds is 6. The Balaban J connectivity index is 2.53. The zero-order valence-corrected chi connectivity index (χ0v) is 14.9. The van der Waals surface area contributed by atoms with Crippen LogP contribution in [0, 0.1) is 0 Å². The van der Waals surface area contributed by atoms with Crippen LogP contribution in [0.5, 0.6) is 6.01 Å². The van der Waals surface area contributed by atoms with Gasteiger partial charge in [-0.25, -0.2) is 13.4 Å². The van der Waals surface area contributed by atoms with Crippen LogP contribution in [0.1, 0.15) is 26.6 Å². The van der Waals surface area contributed by atoms with E-state index in [-0.39, 0.29) is 40.8 Å². The number of hydrogen-bond donors (Lipinski definition) is 0. The molecular weight excluding hydrogens is 332 g/mol. The van der Waals surface area contributed by atoms with E-state index in [1.807, 2.05) is 13.8 Å². The Labute approximate surface area is 140 Å². The summed E-state index contributed by atoms with van der Waals surface area (Å²) in [5, 5.41) is 0. The lowest BCUT2D eigenvalue weighted by molar-refractivity contribution is 0.221. The predicted molar refractivity (Wildman–Crippen MR) is 89.4 cm³/mol. The molecule has 0 N–H and O–H groups in total. The van der Waals surface area contributed by atoms with Crippen molar-refractivity contribution in [1.29, 1.82) is 0 Å². The lowest BCUT2D eigenvalue weighted by Gasteiger charge is -2.11. The first-order valence-corrected chi connectivity index (χ1v) is 9.31. The third kappa shape index (κ3) is 4.60. The Bertz CT molecular complexity index is 891. The number of sulfone groups is 1. The molecule has 8 nitrogen and oxygen atoms in total. The molecule has 0 bridgehead atoms. The van der Waals surface area contributed by atoms with E-state index in [9.17, 15) is 13.2 Å². The number of aromatic nitrogens is 4. The second-order valence-electron chi connectivity index (χ2n) is 5.57. The van der Waals surface area contributed by atoms with Gasteiger partial charge in [-0.3, -0.25) is 4.79 Å². The number of pyridine rings is 1. The van der Waals surface area contributed by atoms with Crippen molar-refractivity contribution in [2.45, 2.75) is 32.6 Å². The summed E-state index contributed by atoms with van der Waals surface area (Å²) in [5.41, 5.74) is 0.406. The van der Waals surface area contributed by atoms with Crippen LogP contribution in [0.4, 0.5) is 0 Å². The van der Waals surface area contributed by atoms with E-state index in [0.29, 0.717) is 5.56 Å². The van der Waals surface area contributed by atoms with Crippen molar-refractivity contribution < 1.29 is 13.2 Å². The molecule has 0 spiro atoms. The molecular formula is C15H20N4O4S. The average molecular weight is 352 g/mol. The summed E-state index contributed by atoms with van der Waals surface area (Å²) in [6, 6.07) is 3.03. The molecule has 0 radical (unpaired) electrons. The molecule has 0 saturated carbocycles. The SMILES string of the molecule is CCS(=O)(=O)Cc1nc(OC(C)C)nc(-c2ccc(=O)n(C)c2)n1. The molecule has 2 rings (SSSR count). The van der Waals surface area contributed by atoms with Crippen molar-refractivity contribution in [2.75, 3.05) is 5.75 Å². The van der Waals surface area contributed by atoms with E-state index < -0.39 is 9.84 Å². The van der Waals surface area contributed by atoms with E-state index in [1.54, 1.807) is 26.2 Å². The highest BCUT2D eigenvalue weighted by molar-refractivity contribution is 7.90. The lowest BCUT2D eigenvalue weighted by Crippen LogP contribution is -2.16. The maximum atomic E-state index is 11.9.